The van der Waals surface area contributed by atoms with Crippen molar-refractivity contribution in [1.82, 2.24) is 14.7 Å². The first-order valence-corrected chi connectivity index (χ1v) is 14.3. The number of halogens is 8. The Bertz CT molecular complexity index is 1340. The number of likely N-dealkylation sites (N-methyl/N-ethyl adjacent to an activating group) is 1. The minimum Gasteiger partial charge on any atom is -0.343 e. The summed E-state index contributed by atoms with van der Waals surface area (Å²) in [5, 5.41) is 0.561. The van der Waals surface area contributed by atoms with E-state index in [0.29, 0.717) is 43.6 Å². The zero-order valence-electron chi connectivity index (χ0n) is 23.2. The molecule has 0 aromatic heterocycles. The highest BCUT2D eigenvalue weighted by Gasteiger charge is 2.41. The lowest BCUT2D eigenvalue weighted by Gasteiger charge is -2.44. The molecule has 0 aliphatic carbocycles. The van der Waals surface area contributed by atoms with Crippen molar-refractivity contribution in [3.8, 4) is 0 Å². The van der Waals surface area contributed by atoms with Crippen LogP contribution in [0.4, 0.5) is 26.3 Å². The molecule has 2 heterocycles. The fraction of sp³-hybridized carbons (Fsp3) is 0.483. The number of hydrogen-bond donors (Lipinski definition) is 0. The second-order valence-corrected chi connectivity index (χ2v) is 11.8. The van der Waals surface area contributed by atoms with Crippen LogP contribution in [0.5, 0.6) is 0 Å². The standard InChI is InChI=1S/C29H29Cl2F6N3O3/c1-16(41)39-6-3-17(4-7-39)27(43)40-8-5-25(24(15-40)18-11-22(30)14-23(31)12-18)38(2)26(42)19-9-20(28(32,33)34)13-21(10-19)29(35,36)37/h9-14,17,24-25H,3-8,15H2,1-2H3/t24-,25+/m0/s1. The highest BCUT2D eigenvalue weighted by molar-refractivity contribution is 6.34. The van der Waals surface area contributed by atoms with Crippen molar-refractivity contribution in [3.05, 3.63) is 68.7 Å². The van der Waals surface area contributed by atoms with Crippen LogP contribution in [0.3, 0.4) is 0 Å². The maximum atomic E-state index is 13.5. The number of carbonyl (C=O) groups excluding carboxylic acids is 3. The number of alkyl halides is 6. The molecule has 2 aromatic carbocycles. The summed E-state index contributed by atoms with van der Waals surface area (Å²) in [6.45, 7) is 2.68. The Morgan fingerprint density at radius 1 is 0.791 bits per heavy atom. The summed E-state index contributed by atoms with van der Waals surface area (Å²) in [4.78, 5) is 43.1. The van der Waals surface area contributed by atoms with Gasteiger partial charge in [-0.2, -0.15) is 26.3 Å². The molecule has 6 nitrogen and oxygen atoms in total. The molecule has 43 heavy (non-hydrogen) atoms. The van der Waals surface area contributed by atoms with Gasteiger partial charge in [-0.25, -0.2) is 0 Å². The number of piperidine rings is 2. The molecular formula is C29H29Cl2F6N3O3. The Hall–Kier alpha value is -2.99. The molecule has 0 bridgehead atoms. The Kier molecular flexibility index (Phi) is 9.61. The van der Waals surface area contributed by atoms with Crippen LogP contribution in [0.2, 0.25) is 10.0 Å². The summed E-state index contributed by atoms with van der Waals surface area (Å²) < 4.78 is 80.8. The van der Waals surface area contributed by atoms with Crippen molar-refractivity contribution >= 4 is 40.9 Å². The van der Waals surface area contributed by atoms with Crippen LogP contribution in [-0.4, -0.2) is 71.7 Å². The van der Waals surface area contributed by atoms with Crippen molar-refractivity contribution in [2.45, 2.75) is 50.5 Å². The predicted molar refractivity (Wildman–Crippen MR) is 148 cm³/mol. The van der Waals surface area contributed by atoms with Crippen molar-refractivity contribution in [2.75, 3.05) is 33.2 Å². The van der Waals surface area contributed by atoms with E-state index in [4.69, 9.17) is 23.2 Å². The van der Waals surface area contributed by atoms with E-state index in [1.54, 1.807) is 21.9 Å². The largest absolute Gasteiger partial charge is 0.416 e. The van der Waals surface area contributed by atoms with E-state index < -0.39 is 46.9 Å². The second-order valence-electron chi connectivity index (χ2n) is 10.9. The van der Waals surface area contributed by atoms with Crippen molar-refractivity contribution < 1.29 is 40.7 Å². The molecular weight excluding hydrogens is 623 g/mol. The van der Waals surface area contributed by atoms with E-state index in [1.807, 2.05) is 0 Å². The van der Waals surface area contributed by atoms with Gasteiger partial charge in [0.1, 0.15) is 0 Å². The first-order valence-electron chi connectivity index (χ1n) is 13.5. The summed E-state index contributed by atoms with van der Waals surface area (Å²) in [7, 11) is 1.31. The Morgan fingerprint density at radius 3 is 1.79 bits per heavy atom. The number of carbonyl (C=O) groups is 3. The molecule has 14 heteroatoms. The normalized spacial score (nSPS) is 20.2. The topological polar surface area (TPSA) is 60.9 Å². The smallest absolute Gasteiger partial charge is 0.343 e. The molecule has 0 N–H and O–H groups in total. The number of nitrogens with zero attached hydrogens (tertiary/aromatic N) is 3. The fourth-order valence-electron chi connectivity index (χ4n) is 5.85. The van der Waals surface area contributed by atoms with Crippen LogP contribution < -0.4 is 0 Å². The highest BCUT2D eigenvalue weighted by atomic mass is 35.5. The van der Waals surface area contributed by atoms with E-state index >= 15 is 0 Å². The lowest BCUT2D eigenvalue weighted by atomic mass is 9.83. The average molecular weight is 652 g/mol. The molecule has 4 rings (SSSR count). The van der Waals surface area contributed by atoms with Crippen molar-refractivity contribution in [2.24, 2.45) is 5.92 Å². The van der Waals surface area contributed by atoms with Crippen LogP contribution in [-0.2, 0) is 21.9 Å². The molecule has 0 unspecified atom stereocenters. The molecule has 0 saturated carbocycles. The zero-order chi connectivity index (χ0) is 31.9. The third-order valence-corrected chi connectivity index (χ3v) is 8.58. The number of amides is 3. The van der Waals surface area contributed by atoms with E-state index in [2.05, 4.69) is 0 Å². The van der Waals surface area contributed by atoms with Gasteiger partial charge in [0.2, 0.25) is 11.8 Å². The Labute approximate surface area is 254 Å². The third kappa shape index (κ3) is 7.57. The molecule has 0 spiro atoms. The maximum Gasteiger partial charge on any atom is 0.416 e. The maximum absolute atomic E-state index is 13.5. The molecule has 2 fully saturated rings. The lowest BCUT2D eigenvalue weighted by Crippen LogP contribution is -2.53. The van der Waals surface area contributed by atoms with Gasteiger partial charge in [0.25, 0.3) is 5.91 Å². The molecule has 2 aliphatic rings. The third-order valence-electron chi connectivity index (χ3n) is 8.14. The highest BCUT2D eigenvalue weighted by Crippen LogP contribution is 2.38. The summed E-state index contributed by atoms with van der Waals surface area (Å²) >= 11 is 12.5. The first-order chi connectivity index (χ1) is 20.0. The minimum atomic E-state index is -5.11. The SMILES string of the molecule is CC(=O)N1CCC(C(=O)N2CC[C@@H](N(C)C(=O)c3cc(C(F)(F)F)cc(C(F)(F)F)c3)[C@H](c3cc(Cl)cc(Cl)c3)C2)CC1. The molecule has 0 radical (unpaired) electrons. The first kappa shape index (κ1) is 32.9. The van der Waals surface area contributed by atoms with Gasteiger partial charge in [-0.1, -0.05) is 23.2 Å². The number of rotatable bonds is 4. The summed E-state index contributed by atoms with van der Waals surface area (Å²) in [6.07, 6.45) is -9.05. The van der Waals surface area contributed by atoms with Gasteiger partial charge in [-0.15, -0.1) is 0 Å². The van der Waals surface area contributed by atoms with Gasteiger partial charge in [0.15, 0.2) is 0 Å². The fourth-order valence-corrected chi connectivity index (χ4v) is 6.40. The zero-order valence-corrected chi connectivity index (χ0v) is 24.7. The van der Waals surface area contributed by atoms with Crippen LogP contribution in [0.1, 0.15) is 59.2 Å². The average Bonchev–Trinajstić information content (AvgIpc) is 2.94. The molecule has 2 atom stereocenters. The number of benzene rings is 2. The lowest BCUT2D eigenvalue weighted by molar-refractivity contribution is -0.143. The summed E-state index contributed by atoms with van der Waals surface area (Å²) in [5.41, 5.74) is -3.38. The van der Waals surface area contributed by atoms with Gasteiger partial charge in [-0.3, -0.25) is 14.4 Å². The molecule has 3 amide bonds. The van der Waals surface area contributed by atoms with Gasteiger partial charge >= 0.3 is 12.4 Å². The quantitative estimate of drug-likeness (QED) is 0.344. The second kappa shape index (κ2) is 12.6. The molecule has 2 saturated heterocycles. The van der Waals surface area contributed by atoms with E-state index in [-0.39, 0.29) is 53.4 Å². The number of hydrogen-bond acceptors (Lipinski definition) is 3. The predicted octanol–water partition coefficient (Wildman–Crippen LogP) is 6.75. The minimum absolute atomic E-state index is 0.0292. The van der Waals surface area contributed by atoms with Crippen LogP contribution in [0.25, 0.3) is 0 Å². The van der Waals surface area contributed by atoms with Gasteiger partial charge in [0, 0.05) is 73.6 Å². The van der Waals surface area contributed by atoms with E-state index in [9.17, 15) is 40.7 Å². The van der Waals surface area contributed by atoms with Crippen LogP contribution in [0, 0.1) is 5.92 Å². The van der Waals surface area contributed by atoms with E-state index in [0.717, 1.165) is 4.90 Å². The van der Waals surface area contributed by atoms with Crippen molar-refractivity contribution in [3.63, 3.8) is 0 Å². The molecule has 234 valence electrons. The summed E-state index contributed by atoms with van der Waals surface area (Å²) in [5.74, 6) is -2.15. The van der Waals surface area contributed by atoms with Crippen LogP contribution >= 0.6 is 23.2 Å². The Balaban J connectivity index is 1.64. The Morgan fingerprint density at radius 2 is 1.30 bits per heavy atom. The van der Waals surface area contributed by atoms with Gasteiger partial charge in [-0.05, 0) is 61.2 Å². The van der Waals surface area contributed by atoms with Gasteiger partial charge < -0.3 is 14.7 Å². The monoisotopic (exact) mass is 651 g/mol. The molecule has 2 aliphatic heterocycles. The van der Waals surface area contributed by atoms with E-state index in [1.165, 1.54) is 20.0 Å². The summed E-state index contributed by atoms with van der Waals surface area (Å²) in [6, 6.07) is 4.78. The molecule has 2 aromatic rings. The van der Waals surface area contributed by atoms with Crippen LogP contribution in [0.15, 0.2) is 36.4 Å². The number of likely N-dealkylation sites (tertiary alicyclic amines) is 2. The van der Waals surface area contributed by atoms with Gasteiger partial charge in [0.05, 0.1) is 11.1 Å². The van der Waals surface area contributed by atoms with Crippen molar-refractivity contribution in [1.29, 1.82) is 0 Å².